The summed E-state index contributed by atoms with van der Waals surface area (Å²) in [6.07, 6.45) is 1.16. The Bertz CT molecular complexity index is 584. The highest BCUT2D eigenvalue weighted by molar-refractivity contribution is 7.90. The molecule has 6 nitrogen and oxygen atoms in total. The molecule has 0 saturated heterocycles. The summed E-state index contributed by atoms with van der Waals surface area (Å²) in [5.41, 5.74) is 6.92. The molecule has 0 fully saturated rings. The summed E-state index contributed by atoms with van der Waals surface area (Å²) in [6.45, 7) is 3.68. The summed E-state index contributed by atoms with van der Waals surface area (Å²) < 4.78 is 27.5. The zero-order valence-electron chi connectivity index (χ0n) is 11.8. The molecule has 20 heavy (non-hydrogen) atoms. The smallest absolute Gasteiger partial charge is 0.340 e. The van der Waals surface area contributed by atoms with E-state index in [0.29, 0.717) is 16.9 Å². The van der Waals surface area contributed by atoms with E-state index < -0.39 is 15.8 Å². The minimum atomic E-state index is -3.12. The topological polar surface area (TPSA) is 98.5 Å². The Kier molecular flexibility index (Phi) is 5.38. The van der Waals surface area contributed by atoms with E-state index in [2.05, 4.69) is 5.32 Å². The van der Waals surface area contributed by atoms with Crippen LogP contribution in [0.1, 0.15) is 24.2 Å². The molecular weight excluding hydrogens is 280 g/mol. The molecule has 0 aliphatic rings. The van der Waals surface area contributed by atoms with Gasteiger partial charge in [0.2, 0.25) is 0 Å². The number of rotatable bonds is 6. The Morgan fingerprint density at radius 1 is 1.45 bits per heavy atom. The van der Waals surface area contributed by atoms with Crippen LogP contribution in [0.3, 0.4) is 0 Å². The van der Waals surface area contributed by atoms with E-state index in [-0.39, 0.29) is 18.4 Å². The molecule has 0 aromatic heterocycles. The van der Waals surface area contributed by atoms with Crippen molar-refractivity contribution in [1.82, 2.24) is 0 Å². The first-order chi connectivity index (χ1) is 9.24. The third-order valence-electron chi connectivity index (χ3n) is 2.54. The van der Waals surface area contributed by atoms with Gasteiger partial charge in [-0.1, -0.05) is 6.07 Å². The van der Waals surface area contributed by atoms with E-state index in [1.54, 1.807) is 32.0 Å². The van der Waals surface area contributed by atoms with Crippen molar-refractivity contribution < 1.29 is 17.9 Å². The number of para-hydroxylation sites is 1. The number of carbonyl (C=O) groups excluding carboxylic acids is 1. The van der Waals surface area contributed by atoms with Crippen LogP contribution in [-0.4, -0.2) is 39.0 Å². The molecule has 0 bridgehead atoms. The van der Waals surface area contributed by atoms with Gasteiger partial charge < -0.3 is 15.8 Å². The average molecular weight is 300 g/mol. The monoisotopic (exact) mass is 300 g/mol. The van der Waals surface area contributed by atoms with Crippen molar-refractivity contribution in [3.8, 4) is 0 Å². The average Bonchev–Trinajstić information content (AvgIpc) is 2.29. The van der Waals surface area contributed by atoms with E-state index in [0.717, 1.165) is 6.26 Å². The molecule has 0 heterocycles. The molecule has 1 unspecified atom stereocenters. The van der Waals surface area contributed by atoms with Gasteiger partial charge in [-0.05, 0) is 26.0 Å². The van der Waals surface area contributed by atoms with Crippen LogP contribution in [0.5, 0.6) is 0 Å². The van der Waals surface area contributed by atoms with Crippen LogP contribution in [0.4, 0.5) is 11.4 Å². The molecule has 0 aliphatic heterocycles. The van der Waals surface area contributed by atoms with Crippen LogP contribution in [-0.2, 0) is 14.6 Å². The zero-order valence-corrected chi connectivity index (χ0v) is 12.7. The van der Waals surface area contributed by atoms with Gasteiger partial charge in [-0.3, -0.25) is 0 Å². The highest BCUT2D eigenvalue weighted by Gasteiger charge is 2.18. The number of hydrogen-bond donors (Lipinski definition) is 2. The first-order valence-corrected chi connectivity index (χ1v) is 8.30. The largest absolute Gasteiger partial charge is 0.462 e. The summed E-state index contributed by atoms with van der Waals surface area (Å²) in [7, 11) is -3.12. The van der Waals surface area contributed by atoms with Crippen molar-refractivity contribution in [1.29, 1.82) is 0 Å². The molecule has 7 heteroatoms. The number of esters is 1. The van der Waals surface area contributed by atoms with Gasteiger partial charge >= 0.3 is 5.97 Å². The number of carbonyl (C=O) groups is 1. The summed E-state index contributed by atoms with van der Waals surface area (Å²) in [6, 6.07) is 4.50. The maximum Gasteiger partial charge on any atom is 0.340 e. The highest BCUT2D eigenvalue weighted by atomic mass is 32.2. The molecule has 0 aliphatic carbocycles. The Morgan fingerprint density at radius 3 is 2.65 bits per heavy atom. The lowest BCUT2D eigenvalue weighted by Gasteiger charge is -2.18. The molecule has 1 rings (SSSR count). The molecule has 1 aromatic carbocycles. The summed E-state index contributed by atoms with van der Waals surface area (Å²) in [5.74, 6) is -0.544. The third kappa shape index (κ3) is 4.73. The van der Waals surface area contributed by atoms with Crippen LogP contribution in [0, 0.1) is 0 Å². The summed E-state index contributed by atoms with van der Waals surface area (Å²) >= 11 is 0. The standard InChI is InChI=1S/C13H20N2O4S/c1-4-19-13(16)10-6-5-7-11(14)12(10)15-9(2)8-20(3,17)18/h5-7,9,15H,4,8,14H2,1-3H3. The molecule has 0 saturated carbocycles. The number of anilines is 2. The number of benzene rings is 1. The van der Waals surface area contributed by atoms with Crippen molar-refractivity contribution in [2.45, 2.75) is 19.9 Å². The molecule has 0 amide bonds. The van der Waals surface area contributed by atoms with Gasteiger partial charge in [0.1, 0.15) is 9.84 Å². The van der Waals surface area contributed by atoms with Gasteiger partial charge in [-0.15, -0.1) is 0 Å². The maximum absolute atomic E-state index is 11.8. The van der Waals surface area contributed by atoms with E-state index in [1.807, 2.05) is 0 Å². The summed E-state index contributed by atoms with van der Waals surface area (Å²) in [5, 5.41) is 2.97. The van der Waals surface area contributed by atoms with Crippen LogP contribution >= 0.6 is 0 Å². The fourth-order valence-electron chi connectivity index (χ4n) is 1.85. The Labute approximate surface area is 119 Å². The molecule has 1 aromatic rings. The zero-order chi connectivity index (χ0) is 15.3. The van der Waals surface area contributed by atoms with Crippen LogP contribution in [0.15, 0.2) is 18.2 Å². The number of sulfone groups is 1. The van der Waals surface area contributed by atoms with Crippen molar-refractivity contribution >= 4 is 27.2 Å². The number of nitrogens with two attached hydrogens (primary N) is 1. The number of hydrogen-bond acceptors (Lipinski definition) is 6. The van der Waals surface area contributed by atoms with Crippen molar-refractivity contribution in [3.05, 3.63) is 23.8 Å². The van der Waals surface area contributed by atoms with Gasteiger partial charge in [0.15, 0.2) is 0 Å². The second-order valence-electron chi connectivity index (χ2n) is 4.63. The van der Waals surface area contributed by atoms with Crippen LogP contribution in [0.25, 0.3) is 0 Å². The first-order valence-electron chi connectivity index (χ1n) is 6.24. The predicted octanol–water partition coefficient (Wildman–Crippen LogP) is 1.29. The van der Waals surface area contributed by atoms with E-state index in [1.165, 1.54) is 0 Å². The molecule has 1 atom stereocenters. The second kappa shape index (κ2) is 6.60. The van der Waals surface area contributed by atoms with Crippen LogP contribution in [0.2, 0.25) is 0 Å². The van der Waals surface area contributed by atoms with Gasteiger partial charge in [0, 0.05) is 12.3 Å². The number of nitrogen functional groups attached to an aromatic ring is 1. The predicted molar refractivity (Wildman–Crippen MR) is 79.6 cm³/mol. The molecule has 112 valence electrons. The molecular formula is C13H20N2O4S. The van der Waals surface area contributed by atoms with Crippen molar-refractivity contribution in [3.63, 3.8) is 0 Å². The fraction of sp³-hybridized carbons (Fsp3) is 0.462. The van der Waals surface area contributed by atoms with Gasteiger partial charge in [-0.2, -0.15) is 0 Å². The highest BCUT2D eigenvalue weighted by Crippen LogP contribution is 2.25. The SMILES string of the molecule is CCOC(=O)c1cccc(N)c1NC(C)CS(C)(=O)=O. The van der Waals surface area contributed by atoms with Gasteiger partial charge in [0.25, 0.3) is 0 Å². The maximum atomic E-state index is 11.8. The van der Waals surface area contributed by atoms with Crippen molar-refractivity contribution in [2.24, 2.45) is 0 Å². The minimum Gasteiger partial charge on any atom is -0.462 e. The lowest BCUT2D eigenvalue weighted by molar-refractivity contribution is 0.0527. The van der Waals surface area contributed by atoms with E-state index in [9.17, 15) is 13.2 Å². The van der Waals surface area contributed by atoms with Crippen molar-refractivity contribution in [2.75, 3.05) is 29.7 Å². The summed E-state index contributed by atoms with van der Waals surface area (Å²) in [4.78, 5) is 11.8. The molecule has 0 radical (unpaired) electrons. The van der Waals surface area contributed by atoms with E-state index >= 15 is 0 Å². The lowest BCUT2D eigenvalue weighted by atomic mass is 10.1. The number of nitrogens with one attached hydrogen (secondary N) is 1. The lowest BCUT2D eigenvalue weighted by Crippen LogP contribution is -2.26. The normalized spacial score (nSPS) is 12.8. The van der Waals surface area contributed by atoms with Gasteiger partial charge in [0.05, 0.1) is 29.3 Å². The quantitative estimate of drug-likeness (QED) is 0.607. The first kappa shape index (κ1) is 16.3. The Morgan fingerprint density at radius 2 is 2.10 bits per heavy atom. The fourth-order valence-corrected chi connectivity index (χ4v) is 2.84. The molecule has 0 spiro atoms. The molecule has 3 N–H and O–H groups in total. The van der Waals surface area contributed by atoms with Gasteiger partial charge in [-0.25, -0.2) is 13.2 Å². The van der Waals surface area contributed by atoms with E-state index in [4.69, 9.17) is 10.5 Å². The Hall–Kier alpha value is -1.76. The minimum absolute atomic E-state index is 0.0520. The van der Waals surface area contributed by atoms with Crippen LogP contribution < -0.4 is 11.1 Å². The Balaban J connectivity index is 3.01. The third-order valence-corrected chi connectivity index (χ3v) is 3.64. The second-order valence-corrected chi connectivity index (χ2v) is 6.81. The number of ether oxygens (including phenoxy) is 1.